The molecule has 0 spiro atoms. The van der Waals surface area contributed by atoms with E-state index in [1.165, 1.54) is 23.5 Å². The molecule has 0 aromatic heterocycles. The standard InChI is InChI=1S/C12H17FN2O2S/c1-14-8-9-3-6-12(11(13)7-9)18(16,17)15(2)10-4-5-10/h3,6-7,10,14H,4-5,8H2,1-2H3. The molecular formula is C12H17FN2O2S. The second-order valence-corrected chi connectivity index (χ2v) is 6.51. The van der Waals surface area contributed by atoms with Crippen LogP contribution in [0.25, 0.3) is 0 Å². The predicted octanol–water partition coefficient (Wildman–Crippen LogP) is 1.33. The van der Waals surface area contributed by atoms with Gasteiger partial charge in [-0.25, -0.2) is 12.8 Å². The molecular weight excluding hydrogens is 255 g/mol. The van der Waals surface area contributed by atoms with E-state index in [1.807, 2.05) is 0 Å². The monoisotopic (exact) mass is 272 g/mol. The largest absolute Gasteiger partial charge is 0.316 e. The van der Waals surface area contributed by atoms with Crippen molar-refractivity contribution in [1.82, 2.24) is 9.62 Å². The van der Waals surface area contributed by atoms with Crippen molar-refractivity contribution >= 4 is 10.0 Å². The average Bonchev–Trinajstić information content (AvgIpc) is 3.12. The van der Waals surface area contributed by atoms with Crippen LogP contribution < -0.4 is 5.32 Å². The average molecular weight is 272 g/mol. The van der Waals surface area contributed by atoms with Crippen LogP contribution in [0.4, 0.5) is 4.39 Å². The minimum Gasteiger partial charge on any atom is -0.316 e. The SMILES string of the molecule is CNCc1ccc(S(=O)(=O)N(C)C2CC2)c(F)c1. The fourth-order valence-electron chi connectivity index (χ4n) is 1.86. The summed E-state index contributed by atoms with van der Waals surface area (Å²) in [6.07, 6.45) is 1.71. The number of halogens is 1. The zero-order chi connectivity index (χ0) is 13.3. The molecule has 0 amide bonds. The van der Waals surface area contributed by atoms with Crippen LogP contribution in [0, 0.1) is 5.82 Å². The Morgan fingerprint density at radius 3 is 2.61 bits per heavy atom. The minimum atomic E-state index is -3.70. The first-order chi connectivity index (χ1) is 8.46. The molecule has 0 bridgehead atoms. The van der Waals surface area contributed by atoms with E-state index in [0.29, 0.717) is 6.54 Å². The smallest absolute Gasteiger partial charge is 0.245 e. The van der Waals surface area contributed by atoms with Gasteiger partial charge in [-0.1, -0.05) is 6.07 Å². The van der Waals surface area contributed by atoms with Crippen molar-refractivity contribution in [3.05, 3.63) is 29.6 Å². The first-order valence-electron chi connectivity index (χ1n) is 5.88. The molecule has 6 heteroatoms. The van der Waals surface area contributed by atoms with E-state index in [9.17, 15) is 12.8 Å². The maximum atomic E-state index is 13.9. The third-order valence-electron chi connectivity index (χ3n) is 3.10. The molecule has 4 nitrogen and oxygen atoms in total. The highest BCUT2D eigenvalue weighted by atomic mass is 32.2. The second-order valence-electron chi connectivity index (χ2n) is 4.55. The zero-order valence-electron chi connectivity index (χ0n) is 10.5. The number of benzene rings is 1. The van der Waals surface area contributed by atoms with E-state index in [2.05, 4.69) is 5.32 Å². The van der Waals surface area contributed by atoms with Gasteiger partial charge in [-0.3, -0.25) is 0 Å². The number of nitrogens with zero attached hydrogens (tertiary/aromatic N) is 1. The van der Waals surface area contributed by atoms with Crippen molar-refractivity contribution in [2.45, 2.75) is 30.3 Å². The number of nitrogens with one attached hydrogen (secondary N) is 1. The van der Waals surface area contributed by atoms with Gasteiger partial charge in [-0.2, -0.15) is 4.31 Å². The van der Waals surface area contributed by atoms with Gasteiger partial charge in [0.15, 0.2) is 0 Å². The topological polar surface area (TPSA) is 49.4 Å². The van der Waals surface area contributed by atoms with Crippen molar-refractivity contribution in [3.63, 3.8) is 0 Å². The summed E-state index contributed by atoms with van der Waals surface area (Å²) in [5, 5.41) is 2.89. The van der Waals surface area contributed by atoms with E-state index >= 15 is 0 Å². The van der Waals surface area contributed by atoms with Gasteiger partial charge in [0.2, 0.25) is 10.0 Å². The third kappa shape index (κ3) is 2.55. The summed E-state index contributed by atoms with van der Waals surface area (Å²) >= 11 is 0. The molecule has 1 aromatic carbocycles. The van der Waals surface area contributed by atoms with Crippen LogP contribution in [0.3, 0.4) is 0 Å². The highest BCUT2D eigenvalue weighted by molar-refractivity contribution is 7.89. The van der Waals surface area contributed by atoms with Crippen LogP contribution >= 0.6 is 0 Å². The van der Waals surface area contributed by atoms with Crippen LogP contribution in [0.1, 0.15) is 18.4 Å². The molecule has 1 N–H and O–H groups in total. The molecule has 1 saturated carbocycles. The lowest BCUT2D eigenvalue weighted by molar-refractivity contribution is 0.457. The van der Waals surface area contributed by atoms with Crippen molar-refractivity contribution < 1.29 is 12.8 Å². The van der Waals surface area contributed by atoms with Gasteiger partial charge >= 0.3 is 0 Å². The number of hydrogen-bond acceptors (Lipinski definition) is 3. The van der Waals surface area contributed by atoms with Crippen LogP contribution in [-0.2, 0) is 16.6 Å². The molecule has 0 unspecified atom stereocenters. The van der Waals surface area contributed by atoms with E-state index in [0.717, 1.165) is 18.4 Å². The van der Waals surface area contributed by atoms with Gasteiger partial charge in [0.05, 0.1) is 0 Å². The molecule has 18 heavy (non-hydrogen) atoms. The first-order valence-corrected chi connectivity index (χ1v) is 7.32. The number of hydrogen-bond donors (Lipinski definition) is 1. The molecule has 2 rings (SSSR count). The Balaban J connectivity index is 2.32. The van der Waals surface area contributed by atoms with Crippen LogP contribution in [0.2, 0.25) is 0 Å². The molecule has 100 valence electrons. The fourth-order valence-corrected chi connectivity index (χ4v) is 3.32. The highest BCUT2D eigenvalue weighted by Crippen LogP contribution is 2.31. The molecule has 1 aliphatic rings. The Hall–Kier alpha value is -0.980. The molecule has 0 radical (unpaired) electrons. The third-order valence-corrected chi connectivity index (χ3v) is 5.04. The van der Waals surface area contributed by atoms with Gasteiger partial charge in [-0.05, 0) is 37.6 Å². The Morgan fingerprint density at radius 2 is 2.11 bits per heavy atom. The van der Waals surface area contributed by atoms with Gasteiger partial charge in [0.1, 0.15) is 10.7 Å². The quantitative estimate of drug-likeness (QED) is 0.879. The molecule has 0 atom stereocenters. The maximum absolute atomic E-state index is 13.9. The lowest BCUT2D eigenvalue weighted by atomic mass is 10.2. The molecule has 0 saturated heterocycles. The number of sulfonamides is 1. The molecule has 1 aromatic rings. The van der Waals surface area contributed by atoms with Crippen molar-refractivity contribution in [3.8, 4) is 0 Å². The predicted molar refractivity (Wildman–Crippen MR) is 67.1 cm³/mol. The lowest BCUT2D eigenvalue weighted by Gasteiger charge is -2.17. The van der Waals surface area contributed by atoms with Gasteiger partial charge in [-0.15, -0.1) is 0 Å². The summed E-state index contributed by atoms with van der Waals surface area (Å²) < 4.78 is 39.5. The normalized spacial score (nSPS) is 16.2. The highest BCUT2D eigenvalue weighted by Gasteiger charge is 2.36. The van der Waals surface area contributed by atoms with Crippen molar-refractivity contribution in [2.24, 2.45) is 0 Å². The Morgan fingerprint density at radius 1 is 1.44 bits per heavy atom. The van der Waals surface area contributed by atoms with Gasteiger partial charge in [0.25, 0.3) is 0 Å². The first kappa shape index (κ1) is 13.5. The summed E-state index contributed by atoms with van der Waals surface area (Å²) in [5.41, 5.74) is 0.725. The lowest BCUT2D eigenvalue weighted by Crippen LogP contribution is -2.29. The van der Waals surface area contributed by atoms with E-state index in [1.54, 1.807) is 13.1 Å². The van der Waals surface area contributed by atoms with Crippen LogP contribution in [-0.4, -0.2) is 32.9 Å². The summed E-state index contributed by atoms with van der Waals surface area (Å²) in [6, 6.07) is 4.28. The van der Waals surface area contributed by atoms with Gasteiger partial charge < -0.3 is 5.32 Å². The number of rotatable bonds is 5. The summed E-state index contributed by atoms with van der Waals surface area (Å²) in [4.78, 5) is -0.239. The summed E-state index contributed by atoms with van der Waals surface area (Å²) in [7, 11) is -0.439. The Labute approximate surface area is 107 Å². The van der Waals surface area contributed by atoms with Crippen molar-refractivity contribution in [2.75, 3.05) is 14.1 Å². The van der Waals surface area contributed by atoms with Gasteiger partial charge in [0, 0.05) is 19.6 Å². The molecule has 1 aliphatic carbocycles. The van der Waals surface area contributed by atoms with E-state index < -0.39 is 15.8 Å². The zero-order valence-corrected chi connectivity index (χ0v) is 11.3. The molecule has 0 heterocycles. The Bertz CT molecular complexity index is 541. The van der Waals surface area contributed by atoms with Crippen LogP contribution in [0.15, 0.2) is 23.1 Å². The second kappa shape index (κ2) is 4.95. The summed E-state index contributed by atoms with van der Waals surface area (Å²) in [6.45, 7) is 0.510. The fraction of sp³-hybridized carbons (Fsp3) is 0.500. The maximum Gasteiger partial charge on any atom is 0.245 e. The van der Waals surface area contributed by atoms with Crippen molar-refractivity contribution in [1.29, 1.82) is 0 Å². The van der Waals surface area contributed by atoms with Crippen LogP contribution in [0.5, 0.6) is 0 Å². The Kier molecular flexibility index (Phi) is 3.70. The summed E-state index contributed by atoms with van der Waals surface area (Å²) in [5.74, 6) is -0.685. The molecule has 0 aliphatic heterocycles. The van der Waals surface area contributed by atoms with E-state index in [-0.39, 0.29) is 10.9 Å². The minimum absolute atomic E-state index is 0.0337. The van der Waals surface area contributed by atoms with E-state index in [4.69, 9.17) is 0 Å². The molecule has 1 fully saturated rings.